The van der Waals surface area contributed by atoms with Gasteiger partial charge in [-0.3, -0.25) is 0 Å². The minimum absolute atomic E-state index is 0.0629. The first-order valence-corrected chi connectivity index (χ1v) is 6.75. The van der Waals surface area contributed by atoms with Gasteiger partial charge in [-0.1, -0.05) is 19.9 Å². The van der Waals surface area contributed by atoms with Crippen molar-refractivity contribution in [2.75, 3.05) is 5.73 Å². The largest absolute Gasteiger partial charge is 0.505 e. The molecule has 2 rings (SSSR count). The van der Waals surface area contributed by atoms with Crippen molar-refractivity contribution in [3.05, 3.63) is 23.8 Å². The van der Waals surface area contributed by atoms with E-state index in [1.807, 2.05) is 0 Å². The summed E-state index contributed by atoms with van der Waals surface area (Å²) in [4.78, 5) is 12.1. The number of phenolic OH excluding ortho intramolecular Hbond substituents is 1. The van der Waals surface area contributed by atoms with Crippen molar-refractivity contribution in [2.45, 2.75) is 39.2 Å². The van der Waals surface area contributed by atoms with Gasteiger partial charge >= 0.3 is 5.97 Å². The molecule has 0 heterocycles. The van der Waals surface area contributed by atoms with E-state index in [-0.39, 0.29) is 23.1 Å². The second kappa shape index (κ2) is 5.51. The summed E-state index contributed by atoms with van der Waals surface area (Å²) in [6.45, 7) is 4.35. The van der Waals surface area contributed by atoms with E-state index in [4.69, 9.17) is 10.5 Å². The first kappa shape index (κ1) is 13.7. The lowest BCUT2D eigenvalue weighted by Crippen LogP contribution is -2.28. The summed E-state index contributed by atoms with van der Waals surface area (Å²) in [5.74, 6) is 0.451. The van der Waals surface area contributed by atoms with Crippen LogP contribution in [0.2, 0.25) is 0 Å². The van der Waals surface area contributed by atoms with Gasteiger partial charge in [0.25, 0.3) is 0 Å². The van der Waals surface area contributed by atoms with Crippen LogP contribution in [0.25, 0.3) is 0 Å². The topological polar surface area (TPSA) is 72.5 Å². The molecule has 1 aromatic carbocycles. The predicted octanol–water partition coefficient (Wildman–Crippen LogP) is 2.96. The molecule has 1 aromatic rings. The van der Waals surface area contributed by atoms with E-state index in [1.165, 1.54) is 12.5 Å². The molecule has 0 aromatic heterocycles. The number of nitrogen functional groups attached to an aromatic ring is 1. The van der Waals surface area contributed by atoms with Crippen LogP contribution in [0.4, 0.5) is 5.69 Å². The van der Waals surface area contributed by atoms with Crippen LogP contribution < -0.4 is 5.73 Å². The maximum Gasteiger partial charge on any atom is 0.342 e. The highest BCUT2D eigenvalue weighted by atomic mass is 16.5. The van der Waals surface area contributed by atoms with Gasteiger partial charge in [0.1, 0.15) is 11.7 Å². The standard InChI is InChI=1S/C15H21NO3/c1-9-6-10(2)8-11(7-9)19-15(18)12-4-3-5-13(16)14(12)17/h3-5,9-11,17H,6-8,16H2,1-2H3. The third-order valence-corrected chi connectivity index (χ3v) is 3.70. The fraction of sp³-hybridized carbons (Fsp3) is 0.533. The third kappa shape index (κ3) is 3.19. The Kier molecular flexibility index (Phi) is 3.98. The van der Waals surface area contributed by atoms with Crippen LogP contribution >= 0.6 is 0 Å². The molecule has 1 aliphatic rings. The van der Waals surface area contributed by atoms with E-state index >= 15 is 0 Å². The van der Waals surface area contributed by atoms with Crippen LogP contribution in [0.3, 0.4) is 0 Å². The fourth-order valence-corrected chi connectivity index (χ4v) is 2.91. The van der Waals surface area contributed by atoms with Gasteiger partial charge < -0.3 is 15.6 Å². The van der Waals surface area contributed by atoms with Gasteiger partial charge in [-0.2, -0.15) is 0 Å². The minimum atomic E-state index is -0.490. The molecule has 2 unspecified atom stereocenters. The lowest BCUT2D eigenvalue weighted by atomic mass is 9.82. The number of benzene rings is 1. The Morgan fingerprint density at radius 1 is 1.26 bits per heavy atom. The van der Waals surface area contributed by atoms with E-state index in [0.717, 1.165) is 12.8 Å². The molecule has 0 radical (unpaired) electrons. The average Bonchev–Trinajstić information content (AvgIpc) is 2.31. The van der Waals surface area contributed by atoms with Crippen molar-refractivity contribution in [2.24, 2.45) is 11.8 Å². The average molecular weight is 263 g/mol. The first-order valence-electron chi connectivity index (χ1n) is 6.75. The van der Waals surface area contributed by atoms with Crippen LogP contribution in [-0.2, 0) is 4.74 Å². The highest BCUT2D eigenvalue weighted by molar-refractivity contribution is 5.94. The Morgan fingerprint density at radius 3 is 2.53 bits per heavy atom. The number of anilines is 1. The predicted molar refractivity (Wildman–Crippen MR) is 73.9 cm³/mol. The molecule has 1 saturated carbocycles. The van der Waals surface area contributed by atoms with Crippen LogP contribution in [0.1, 0.15) is 43.5 Å². The molecule has 4 nitrogen and oxygen atoms in total. The minimum Gasteiger partial charge on any atom is -0.505 e. The molecule has 1 aliphatic carbocycles. The first-order chi connectivity index (χ1) is 8.97. The molecular formula is C15H21NO3. The maximum absolute atomic E-state index is 12.1. The van der Waals surface area contributed by atoms with E-state index < -0.39 is 5.97 Å². The summed E-state index contributed by atoms with van der Waals surface area (Å²) in [5.41, 5.74) is 5.92. The van der Waals surface area contributed by atoms with E-state index in [2.05, 4.69) is 13.8 Å². The zero-order valence-electron chi connectivity index (χ0n) is 11.4. The number of aromatic hydroxyl groups is 1. The van der Waals surface area contributed by atoms with E-state index in [0.29, 0.717) is 11.8 Å². The molecule has 4 heteroatoms. The van der Waals surface area contributed by atoms with Crippen molar-refractivity contribution >= 4 is 11.7 Å². The zero-order chi connectivity index (χ0) is 14.0. The highest BCUT2D eigenvalue weighted by Gasteiger charge is 2.27. The lowest BCUT2D eigenvalue weighted by molar-refractivity contribution is 0.00782. The van der Waals surface area contributed by atoms with Crippen LogP contribution in [-0.4, -0.2) is 17.2 Å². The lowest BCUT2D eigenvalue weighted by Gasteiger charge is -2.31. The van der Waals surface area contributed by atoms with Crippen LogP contribution in [0, 0.1) is 11.8 Å². The Morgan fingerprint density at radius 2 is 1.89 bits per heavy atom. The van der Waals surface area contributed by atoms with Crippen molar-refractivity contribution in [1.29, 1.82) is 0 Å². The Balaban J connectivity index is 2.06. The summed E-state index contributed by atoms with van der Waals surface area (Å²) >= 11 is 0. The molecule has 2 atom stereocenters. The summed E-state index contributed by atoms with van der Waals surface area (Å²) in [5, 5.41) is 9.78. The van der Waals surface area contributed by atoms with Gasteiger partial charge in [-0.05, 0) is 43.2 Å². The maximum atomic E-state index is 12.1. The number of phenols is 1. The molecule has 0 amide bonds. The van der Waals surface area contributed by atoms with Gasteiger partial charge in [-0.25, -0.2) is 4.79 Å². The fourth-order valence-electron chi connectivity index (χ4n) is 2.91. The number of esters is 1. The molecule has 0 bridgehead atoms. The number of carbonyl (C=O) groups is 1. The quantitative estimate of drug-likeness (QED) is 0.489. The summed E-state index contributed by atoms with van der Waals surface area (Å²) in [7, 11) is 0. The monoisotopic (exact) mass is 263 g/mol. The zero-order valence-corrected chi connectivity index (χ0v) is 11.4. The Labute approximate surface area is 113 Å². The molecule has 1 fully saturated rings. The molecule has 0 saturated heterocycles. The van der Waals surface area contributed by atoms with Crippen molar-refractivity contribution in [3.8, 4) is 5.75 Å². The highest BCUT2D eigenvalue weighted by Crippen LogP contribution is 2.32. The number of hydrogen-bond donors (Lipinski definition) is 2. The van der Waals surface area contributed by atoms with Crippen molar-refractivity contribution in [3.63, 3.8) is 0 Å². The van der Waals surface area contributed by atoms with Crippen LogP contribution in [0.15, 0.2) is 18.2 Å². The number of hydrogen-bond acceptors (Lipinski definition) is 4. The SMILES string of the molecule is CC1CC(C)CC(OC(=O)c2cccc(N)c2O)C1. The molecular weight excluding hydrogens is 242 g/mol. The third-order valence-electron chi connectivity index (χ3n) is 3.70. The van der Waals surface area contributed by atoms with Gasteiger partial charge in [0.15, 0.2) is 5.75 Å². The van der Waals surface area contributed by atoms with Crippen LogP contribution in [0.5, 0.6) is 5.75 Å². The number of carbonyl (C=O) groups excluding carboxylic acids is 1. The summed E-state index contributed by atoms with van der Waals surface area (Å²) < 4.78 is 5.50. The summed E-state index contributed by atoms with van der Waals surface area (Å²) in [6, 6.07) is 4.72. The van der Waals surface area contributed by atoms with Gasteiger partial charge in [0.2, 0.25) is 0 Å². The number of ether oxygens (including phenoxy) is 1. The van der Waals surface area contributed by atoms with Gasteiger partial charge in [-0.15, -0.1) is 0 Å². The number of para-hydroxylation sites is 1. The van der Waals surface area contributed by atoms with Crippen molar-refractivity contribution < 1.29 is 14.6 Å². The number of nitrogens with two attached hydrogens (primary N) is 1. The molecule has 0 aliphatic heterocycles. The molecule has 104 valence electrons. The normalized spacial score (nSPS) is 26.9. The number of rotatable bonds is 2. The van der Waals surface area contributed by atoms with E-state index in [9.17, 15) is 9.90 Å². The molecule has 19 heavy (non-hydrogen) atoms. The summed E-state index contributed by atoms with van der Waals surface area (Å²) in [6.07, 6.45) is 2.89. The smallest absolute Gasteiger partial charge is 0.342 e. The Bertz CT molecular complexity index is 462. The second-order valence-corrected chi connectivity index (χ2v) is 5.69. The van der Waals surface area contributed by atoms with E-state index in [1.54, 1.807) is 12.1 Å². The Hall–Kier alpha value is -1.71. The molecule has 0 spiro atoms. The van der Waals surface area contributed by atoms with Gasteiger partial charge in [0, 0.05) is 0 Å². The second-order valence-electron chi connectivity index (χ2n) is 5.69. The van der Waals surface area contributed by atoms with Crippen molar-refractivity contribution in [1.82, 2.24) is 0 Å². The molecule has 3 N–H and O–H groups in total. The van der Waals surface area contributed by atoms with Gasteiger partial charge in [0.05, 0.1) is 5.69 Å².